The zero-order valence-corrected chi connectivity index (χ0v) is 16.3. The molecule has 3 heterocycles. The van der Waals surface area contributed by atoms with Crippen molar-refractivity contribution in [1.29, 1.82) is 0 Å². The molecule has 0 unspecified atom stereocenters. The molecule has 1 aliphatic heterocycles. The van der Waals surface area contributed by atoms with Crippen LogP contribution in [0.25, 0.3) is 16.3 Å². The number of para-hydroxylation sites is 1. The van der Waals surface area contributed by atoms with Gasteiger partial charge in [-0.25, -0.2) is 4.68 Å². The maximum atomic E-state index is 12.8. The van der Waals surface area contributed by atoms with Gasteiger partial charge in [-0.3, -0.25) is 9.59 Å². The molecule has 1 fully saturated rings. The summed E-state index contributed by atoms with van der Waals surface area (Å²) in [6, 6.07) is 13.7. The molecule has 4 rings (SSSR count). The fourth-order valence-electron chi connectivity index (χ4n) is 3.36. The van der Waals surface area contributed by atoms with Crippen molar-refractivity contribution < 1.29 is 9.59 Å². The number of amides is 2. The number of aromatic nitrogens is 2. The molecule has 0 spiro atoms. The molecule has 2 amide bonds. The van der Waals surface area contributed by atoms with Gasteiger partial charge in [-0.05, 0) is 36.4 Å². The van der Waals surface area contributed by atoms with Crippen LogP contribution in [0.4, 0.5) is 0 Å². The molecular formula is C21H22N4O2S. The van der Waals surface area contributed by atoms with Crippen LogP contribution < -0.4 is 5.32 Å². The Bertz CT molecular complexity index is 950. The lowest BCUT2D eigenvalue weighted by Gasteiger charge is -2.15. The van der Waals surface area contributed by atoms with Gasteiger partial charge in [0.15, 0.2) is 0 Å². The Hall–Kier alpha value is -2.93. The fraction of sp³-hybridized carbons (Fsp3) is 0.286. The van der Waals surface area contributed by atoms with Crippen molar-refractivity contribution in [2.24, 2.45) is 0 Å². The van der Waals surface area contributed by atoms with E-state index in [1.807, 2.05) is 52.7 Å². The van der Waals surface area contributed by atoms with Gasteiger partial charge in [-0.2, -0.15) is 5.10 Å². The third-order valence-corrected chi connectivity index (χ3v) is 5.67. The molecule has 2 aromatic heterocycles. The van der Waals surface area contributed by atoms with E-state index < -0.39 is 0 Å². The van der Waals surface area contributed by atoms with Gasteiger partial charge in [-0.15, -0.1) is 11.3 Å². The Labute approximate surface area is 167 Å². The van der Waals surface area contributed by atoms with Gasteiger partial charge < -0.3 is 10.2 Å². The normalized spacial score (nSPS) is 13.9. The van der Waals surface area contributed by atoms with Crippen molar-refractivity contribution in [1.82, 2.24) is 20.0 Å². The Morgan fingerprint density at radius 1 is 1.18 bits per heavy atom. The lowest BCUT2D eigenvalue weighted by atomic mass is 10.2. The highest BCUT2D eigenvalue weighted by atomic mass is 32.1. The Morgan fingerprint density at radius 3 is 2.75 bits per heavy atom. The molecule has 0 aliphatic carbocycles. The Kier molecular flexibility index (Phi) is 5.53. The number of benzene rings is 1. The number of hydrogen-bond acceptors (Lipinski definition) is 4. The molecule has 0 saturated carbocycles. The van der Waals surface area contributed by atoms with Gasteiger partial charge in [0.2, 0.25) is 5.91 Å². The number of likely N-dealkylation sites (tertiary alicyclic amines) is 1. The third kappa shape index (κ3) is 3.99. The third-order valence-electron chi connectivity index (χ3n) is 4.80. The minimum atomic E-state index is -0.140. The van der Waals surface area contributed by atoms with Crippen molar-refractivity contribution >= 4 is 23.2 Å². The summed E-state index contributed by atoms with van der Waals surface area (Å²) in [5.74, 6) is 0.0776. The number of carbonyl (C=O) groups is 2. The molecule has 0 atom stereocenters. The molecule has 1 saturated heterocycles. The monoisotopic (exact) mass is 394 g/mol. The molecule has 1 N–H and O–H groups in total. The van der Waals surface area contributed by atoms with E-state index in [2.05, 4.69) is 10.4 Å². The first-order valence-electron chi connectivity index (χ1n) is 9.47. The van der Waals surface area contributed by atoms with E-state index in [0.29, 0.717) is 30.8 Å². The van der Waals surface area contributed by atoms with Gasteiger partial charge in [-0.1, -0.05) is 24.3 Å². The number of nitrogens with one attached hydrogen (secondary N) is 1. The average Bonchev–Trinajstić information content (AvgIpc) is 3.46. The lowest BCUT2D eigenvalue weighted by molar-refractivity contribution is -0.127. The van der Waals surface area contributed by atoms with E-state index in [9.17, 15) is 9.59 Å². The highest BCUT2D eigenvalue weighted by Gasteiger charge is 2.21. The van der Waals surface area contributed by atoms with Crippen LogP contribution >= 0.6 is 11.3 Å². The van der Waals surface area contributed by atoms with Gasteiger partial charge in [0, 0.05) is 32.3 Å². The topological polar surface area (TPSA) is 67.2 Å². The second-order valence-corrected chi connectivity index (χ2v) is 7.69. The molecular weight excluding hydrogens is 372 g/mol. The summed E-state index contributed by atoms with van der Waals surface area (Å²) in [7, 11) is 0. The van der Waals surface area contributed by atoms with E-state index in [-0.39, 0.29) is 11.8 Å². The van der Waals surface area contributed by atoms with Crippen LogP contribution in [0.2, 0.25) is 0 Å². The molecule has 28 heavy (non-hydrogen) atoms. The first-order valence-corrected chi connectivity index (χ1v) is 10.4. The largest absolute Gasteiger partial charge is 0.352 e. The maximum absolute atomic E-state index is 12.8. The Morgan fingerprint density at radius 2 is 2.04 bits per heavy atom. The maximum Gasteiger partial charge on any atom is 0.255 e. The summed E-state index contributed by atoms with van der Waals surface area (Å²) in [6.45, 7) is 2.06. The molecule has 3 aromatic rings. The summed E-state index contributed by atoms with van der Waals surface area (Å²) < 4.78 is 1.74. The molecule has 144 valence electrons. The fourth-order valence-corrected chi connectivity index (χ4v) is 4.08. The molecule has 1 aromatic carbocycles. The minimum absolute atomic E-state index is 0.140. The highest BCUT2D eigenvalue weighted by molar-refractivity contribution is 7.13. The van der Waals surface area contributed by atoms with Gasteiger partial charge in [0.25, 0.3) is 5.91 Å². The summed E-state index contributed by atoms with van der Waals surface area (Å²) >= 11 is 1.56. The predicted molar refractivity (Wildman–Crippen MR) is 110 cm³/mol. The van der Waals surface area contributed by atoms with Crippen LogP contribution in [-0.4, -0.2) is 46.1 Å². The van der Waals surface area contributed by atoms with Crippen LogP contribution in [0.1, 0.15) is 29.6 Å². The molecule has 7 heteroatoms. The quantitative estimate of drug-likeness (QED) is 0.625. The smallest absolute Gasteiger partial charge is 0.255 e. The SMILES string of the molecule is O=C(NCCCN1CCCC1=O)c1cn(-c2ccccc2)nc1-c1cccs1. The van der Waals surface area contributed by atoms with Crippen molar-refractivity contribution in [2.75, 3.05) is 19.6 Å². The highest BCUT2D eigenvalue weighted by Crippen LogP contribution is 2.27. The number of hydrogen-bond donors (Lipinski definition) is 1. The van der Waals surface area contributed by atoms with Gasteiger partial charge in [0.05, 0.1) is 16.1 Å². The minimum Gasteiger partial charge on any atom is -0.352 e. The summed E-state index contributed by atoms with van der Waals surface area (Å²) in [5, 5.41) is 9.62. The number of nitrogens with zero attached hydrogens (tertiary/aromatic N) is 3. The van der Waals surface area contributed by atoms with E-state index in [4.69, 9.17) is 0 Å². The van der Waals surface area contributed by atoms with E-state index in [0.717, 1.165) is 30.0 Å². The van der Waals surface area contributed by atoms with Crippen molar-refractivity contribution in [3.05, 3.63) is 59.6 Å². The van der Waals surface area contributed by atoms with E-state index in [1.54, 1.807) is 22.2 Å². The van der Waals surface area contributed by atoms with Crippen LogP contribution in [0.15, 0.2) is 54.0 Å². The van der Waals surface area contributed by atoms with Crippen molar-refractivity contribution in [3.8, 4) is 16.3 Å². The van der Waals surface area contributed by atoms with Crippen LogP contribution in [-0.2, 0) is 4.79 Å². The van der Waals surface area contributed by atoms with Crippen LogP contribution in [0, 0.1) is 0 Å². The zero-order chi connectivity index (χ0) is 19.3. The lowest BCUT2D eigenvalue weighted by Crippen LogP contribution is -2.30. The first-order chi connectivity index (χ1) is 13.7. The second-order valence-electron chi connectivity index (χ2n) is 6.74. The first kappa shape index (κ1) is 18.4. The molecule has 6 nitrogen and oxygen atoms in total. The Balaban J connectivity index is 1.47. The zero-order valence-electron chi connectivity index (χ0n) is 15.5. The predicted octanol–water partition coefficient (Wildman–Crippen LogP) is 3.34. The van der Waals surface area contributed by atoms with E-state index in [1.165, 1.54) is 0 Å². The second kappa shape index (κ2) is 8.39. The molecule has 0 radical (unpaired) electrons. The standard InChI is InChI=1S/C21H22N4O2S/c26-19-10-4-12-24(19)13-6-11-22-21(27)17-15-25(16-7-2-1-3-8-16)23-20(17)18-9-5-14-28-18/h1-3,5,7-9,14-15H,4,6,10-13H2,(H,22,27). The number of carbonyl (C=O) groups excluding carboxylic acids is 2. The van der Waals surface area contributed by atoms with Gasteiger partial charge >= 0.3 is 0 Å². The summed E-state index contributed by atoms with van der Waals surface area (Å²) in [6.07, 6.45) is 4.12. The van der Waals surface area contributed by atoms with Crippen molar-refractivity contribution in [2.45, 2.75) is 19.3 Å². The van der Waals surface area contributed by atoms with Gasteiger partial charge in [0.1, 0.15) is 5.69 Å². The van der Waals surface area contributed by atoms with Crippen LogP contribution in [0.3, 0.4) is 0 Å². The number of thiophene rings is 1. The number of rotatable bonds is 7. The summed E-state index contributed by atoms with van der Waals surface area (Å²) in [5.41, 5.74) is 2.15. The average molecular weight is 395 g/mol. The van der Waals surface area contributed by atoms with Crippen LogP contribution in [0.5, 0.6) is 0 Å². The van der Waals surface area contributed by atoms with E-state index >= 15 is 0 Å². The molecule has 1 aliphatic rings. The molecule has 0 bridgehead atoms. The van der Waals surface area contributed by atoms with Crippen molar-refractivity contribution in [3.63, 3.8) is 0 Å². The summed E-state index contributed by atoms with van der Waals surface area (Å²) in [4.78, 5) is 27.3.